The van der Waals surface area contributed by atoms with Crippen molar-refractivity contribution in [3.63, 3.8) is 0 Å². The molecule has 2 aromatic rings. The number of halogens is 1. The number of nitrogens with zero attached hydrogens (tertiary/aromatic N) is 2. The summed E-state index contributed by atoms with van der Waals surface area (Å²) in [6.45, 7) is 3.79. The molecule has 0 saturated heterocycles. The number of aryl methyl sites for hydroxylation is 1. The number of aromatic nitrogens is 2. The van der Waals surface area contributed by atoms with Gasteiger partial charge in [-0.1, -0.05) is 26.3 Å². The second-order valence-corrected chi connectivity index (χ2v) is 4.55. The van der Waals surface area contributed by atoms with Gasteiger partial charge in [0.25, 0.3) is 0 Å². The van der Waals surface area contributed by atoms with Gasteiger partial charge in [-0.05, 0) is 31.0 Å². The first kappa shape index (κ1) is 14.2. The van der Waals surface area contributed by atoms with Gasteiger partial charge in [-0.15, -0.1) is 0 Å². The Morgan fingerprint density at radius 1 is 1.40 bits per heavy atom. The molecule has 0 aliphatic carbocycles. The molecule has 0 unspecified atom stereocenters. The van der Waals surface area contributed by atoms with Gasteiger partial charge in [-0.25, -0.2) is 9.07 Å². The predicted molar refractivity (Wildman–Crippen MR) is 71.2 cm³/mol. The highest BCUT2D eigenvalue weighted by Gasteiger charge is 2.18. The van der Waals surface area contributed by atoms with E-state index in [2.05, 4.69) is 5.10 Å². The molecule has 1 aromatic heterocycles. The monoisotopic (exact) mass is 275 g/mol. The summed E-state index contributed by atoms with van der Waals surface area (Å²) in [6, 6.07) is 5.94. The molecule has 0 bridgehead atoms. The first-order valence-electron chi connectivity index (χ1n) is 6.66. The maximum atomic E-state index is 13.3. The van der Waals surface area contributed by atoms with Gasteiger partial charge in [-0.3, -0.25) is 0 Å². The quantitative estimate of drug-likeness (QED) is 0.837. The number of carbonyl (C=O) groups is 1. The van der Waals surface area contributed by atoms with Crippen molar-refractivity contribution < 1.29 is 14.3 Å². The van der Waals surface area contributed by atoms with Crippen molar-refractivity contribution in [3.8, 4) is 5.69 Å². The molecule has 2 rings (SSSR count). The summed E-state index contributed by atoms with van der Waals surface area (Å²) in [6.07, 6.45) is 1.82. The molecule has 1 aromatic carbocycles. The molecule has 106 valence electrons. The molecule has 0 fully saturated rings. The van der Waals surface area contributed by atoms with Gasteiger partial charge in [0.05, 0.1) is 23.0 Å². The lowest BCUT2D eigenvalue weighted by Crippen LogP contribution is -2.24. The second kappa shape index (κ2) is 5.86. The van der Waals surface area contributed by atoms with Crippen molar-refractivity contribution >= 4 is 5.97 Å². The third kappa shape index (κ3) is 2.57. The number of rotatable bonds is 5. The van der Waals surface area contributed by atoms with Crippen molar-refractivity contribution in [2.24, 2.45) is 0 Å². The van der Waals surface area contributed by atoms with Crippen LogP contribution in [0.3, 0.4) is 0 Å². The van der Waals surface area contributed by atoms with Crippen LogP contribution in [0, 0.1) is 5.82 Å². The van der Waals surface area contributed by atoms with E-state index < -0.39 is 5.97 Å². The topological polar surface area (TPSA) is 58.0 Å². The number of carboxylic acid groups (broad SMARTS) is 1. The van der Waals surface area contributed by atoms with Crippen LogP contribution in [0.4, 0.5) is 4.39 Å². The number of carboxylic acids is 1. The molecule has 0 atom stereocenters. The SMILES string of the molecule is CCCc1nn(-c2cccc(F)c2)c(CC)c1C(=O)[O-]. The zero-order chi connectivity index (χ0) is 14.7. The lowest BCUT2D eigenvalue weighted by molar-refractivity contribution is -0.255. The molecule has 0 N–H and O–H groups in total. The Morgan fingerprint density at radius 3 is 2.70 bits per heavy atom. The van der Waals surface area contributed by atoms with Crippen LogP contribution in [0.25, 0.3) is 5.69 Å². The number of hydrogen-bond donors (Lipinski definition) is 0. The maximum absolute atomic E-state index is 13.3. The van der Waals surface area contributed by atoms with E-state index in [0.717, 1.165) is 6.42 Å². The van der Waals surface area contributed by atoms with Crippen LogP contribution < -0.4 is 5.11 Å². The zero-order valence-electron chi connectivity index (χ0n) is 11.5. The minimum Gasteiger partial charge on any atom is -0.545 e. The van der Waals surface area contributed by atoms with E-state index >= 15 is 0 Å². The highest BCUT2D eigenvalue weighted by atomic mass is 19.1. The lowest BCUT2D eigenvalue weighted by atomic mass is 10.1. The summed E-state index contributed by atoms with van der Waals surface area (Å²) >= 11 is 0. The van der Waals surface area contributed by atoms with E-state index in [1.807, 2.05) is 13.8 Å². The summed E-state index contributed by atoms with van der Waals surface area (Å²) in [5.74, 6) is -1.61. The first-order chi connectivity index (χ1) is 9.58. The standard InChI is InChI=1S/C15H17FN2O2/c1-3-6-12-14(15(19)20)13(4-2)18(17-12)11-8-5-7-10(16)9-11/h5,7-9H,3-4,6H2,1-2H3,(H,19,20)/p-1. The molecule has 5 heteroatoms. The fourth-order valence-corrected chi connectivity index (χ4v) is 2.30. The Hall–Kier alpha value is -2.17. The van der Waals surface area contributed by atoms with Gasteiger partial charge >= 0.3 is 0 Å². The fraction of sp³-hybridized carbons (Fsp3) is 0.333. The molecule has 4 nitrogen and oxygen atoms in total. The van der Waals surface area contributed by atoms with Gasteiger partial charge in [0.1, 0.15) is 5.82 Å². The number of carbonyl (C=O) groups excluding carboxylic acids is 1. The summed E-state index contributed by atoms with van der Waals surface area (Å²) in [5.41, 5.74) is 1.69. The smallest absolute Gasteiger partial charge is 0.125 e. The number of aromatic carboxylic acids is 1. The van der Waals surface area contributed by atoms with Crippen LogP contribution in [-0.2, 0) is 12.8 Å². The second-order valence-electron chi connectivity index (χ2n) is 4.55. The number of benzene rings is 1. The summed E-state index contributed by atoms with van der Waals surface area (Å²) in [4.78, 5) is 11.3. The lowest BCUT2D eigenvalue weighted by Gasteiger charge is -2.08. The molecule has 0 aliphatic rings. The average Bonchev–Trinajstić information content (AvgIpc) is 2.77. The van der Waals surface area contributed by atoms with Gasteiger partial charge < -0.3 is 9.90 Å². The van der Waals surface area contributed by atoms with Crippen LogP contribution in [-0.4, -0.2) is 15.7 Å². The summed E-state index contributed by atoms with van der Waals surface area (Å²) in [7, 11) is 0. The van der Waals surface area contributed by atoms with Crippen LogP contribution in [0.2, 0.25) is 0 Å². The van der Waals surface area contributed by atoms with Crippen LogP contribution >= 0.6 is 0 Å². The average molecular weight is 275 g/mol. The molecule has 20 heavy (non-hydrogen) atoms. The maximum Gasteiger partial charge on any atom is 0.125 e. The third-order valence-corrected chi connectivity index (χ3v) is 3.13. The van der Waals surface area contributed by atoms with E-state index in [1.54, 1.807) is 12.1 Å². The van der Waals surface area contributed by atoms with Crippen molar-refractivity contribution in [3.05, 3.63) is 47.0 Å². The third-order valence-electron chi connectivity index (χ3n) is 3.13. The van der Waals surface area contributed by atoms with Crippen LogP contribution in [0.1, 0.15) is 42.0 Å². The van der Waals surface area contributed by atoms with Crippen LogP contribution in [0.5, 0.6) is 0 Å². The van der Waals surface area contributed by atoms with Gasteiger partial charge in [0, 0.05) is 5.56 Å². The van der Waals surface area contributed by atoms with Crippen molar-refractivity contribution in [1.29, 1.82) is 0 Å². The van der Waals surface area contributed by atoms with Crippen LogP contribution in [0.15, 0.2) is 24.3 Å². The largest absolute Gasteiger partial charge is 0.545 e. The van der Waals surface area contributed by atoms with Gasteiger partial charge in [-0.2, -0.15) is 5.10 Å². The molecule has 0 saturated carbocycles. The van der Waals surface area contributed by atoms with Gasteiger partial charge in [0.2, 0.25) is 0 Å². The van der Waals surface area contributed by atoms with Crippen molar-refractivity contribution in [2.45, 2.75) is 33.1 Å². The fourth-order valence-electron chi connectivity index (χ4n) is 2.30. The summed E-state index contributed by atoms with van der Waals surface area (Å²) in [5, 5.41) is 15.7. The molecule has 0 amide bonds. The van der Waals surface area contributed by atoms with E-state index in [0.29, 0.717) is 29.9 Å². The molecular weight excluding hydrogens is 259 g/mol. The molecule has 0 aliphatic heterocycles. The minimum atomic E-state index is -1.23. The number of hydrogen-bond acceptors (Lipinski definition) is 3. The Kier molecular flexibility index (Phi) is 4.17. The Balaban J connectivity index is 2.64. The Labute approximate surface area is 116 Å². The molecule has 1 heterocycles. The van der Waals surface area contributed by atoms with Crippen molar-refractivity contribution in [2.75, 3.05) is 0 Å². The van der Waals surface area contributed by atoms with E-state index in [1.165, 1.54) is 16.8 Å². The van der Waals surface area contributed by atoms with Crippen molar-refractivity contribution in [1.82, 2.24) is 9.78 Å². The van der Waals surface area contributed by atoms with E-state index in [4.69, 9.17) is 0 Å². The summed E-state index contributed by atoms with van der Waals surface area (Å²) < 4.78 is 14.8. The molecule has 0 spiro atoms. The minimum absolute atomic E-state index is 0.138. The Bertz CT molecular complexity index is 635. The normalized spacial score (nSPS) is 10.8. The molecular formula is C15H16FN2O2-. The Morgan fingerprint density at radius 2 is 2.15 bits per heavy atom. The highest BCUT2D eigenvalue weighted by molar-refractivity contribution is 5.88. The van der Waals surface area contributed by atoms with E-state index in [9.17, 15) is 14.3 Å². The zero-order valence-corrected chi connectivity index (χ0v) is 11.5. The highest BCUT2D eigenvalue weighted by Crippen LogP contribution is 2.21. The molecule has 0 radical (unpaired) electrons. The van der Waals surface area contributed by atoms with Gasteiger partial charge in [0.15, 0.2) is 0 Å². The predicted octanol–water partition coefficient (Wildman–Crippen LogP) is 1.89. The van der Waals surface area contributed by atoms with E-state index in [-0.39, 0.29) is 11.4 Å². The first-order valence-corrected chi connectivity index (χ1v) is 6.66.